The Morgan fingerprint density at radius 1 is 0.711 bits per heavy atom. The second-order valence-electron chi connectivity index (χ2n) is 12.3. The molecule has 6 aromatic rings. The molecule has 0 aliphatic carbocycles. The third kappa shape index (κ3) is 3.94. The standard InChI is InChI=1S/C33H33N5/c1-20-9-8-10-23(26-18-35-27-17-34-19-36-31(27)37-26)30(20)38-28-13-11-21(32(2,3)4)15-24(28)25-16-22(33(5,6)7)12-14-29(25)38/h8-19H,1-7H3. The number of hydrogen-bond acceptors (Lipinski definition) is 4. The van der Waals surface area contributed by atoms with E-state index in [1.807, 2.05) is 6.20 Å². The van der Waals surface area contributed by atoms with Crippen molar-refractivity contribution in [3.8, 4) is 16.9 Å². The molecule has 0 fully saturated rings. The summed E-state index contributed by atoms with van der Waals surface area (Å²) in [6.45, 7) is 15.8. The second kappa shape index (κ2) is 8.45. The number of fused-ring (bicyclic) bond motifs is 4. The van der Waals surface area contributed by atoms with Crippen LogP contribution < -0.4 is 0 Å². The quantitative estimate of drug-likeness (QED) is 0.242. The smallest absolute Gasteiger partial charge is 0.181 e. The first-order chi connectivity index (χ1) is 18.0. The molecule has 0 aliphatic heterocycles. The Morgan fingerprint density at radius 3 is 1.95 bits per heavy atom. The lowest BCUT2D eigenvalue weighted by atomic mass is 9.85. The highest BCUT2D eigenvalue weighted by molar-refractivity contribution is 6.10. The monoisotopic (exact) mass is 499 g/mol. The van der Waals surface area contributed by atoms with Crippen LogP contribution in [0.1, 0.15) is 58.2 Å². The number of para-hydroxylation sites is 1. The molecule has 6 rings (SSSR count). The fraction of sp³-hybridized carbons (Fsp3) is 0.273. The molecule has 0 saturated heterocycles. The van der Waals surface area contributed by atoms with E-state index in [0.29, 0.717) is 11.2 Å². The van der Waals surface area contributed by atoms with E-state index in [4.69, 9.17) is 4.98 Å². The molecule has 3 aromatic carbocycles. The van der Waals surface area contributed by atoms with Crippen LogP contribution in [-0.2, 0) is 10.8 Å². The van der Waals surface area contributed by atoms with Crippen molar-refractivity contribution in [1.82, 2.24) is 24.5 Å². The van der Waals surface area contributed by atoms with E-state index in [2.05, 4.69) is 123 Å². The highest BCUT2D eigenvalue weighted by Gasteiger charge is 2.23. The summed E-state index contributed by atoms with van der Waals surface area (Å²) in [7, 11) is 0. The molecular weight excluding hydrogens is 466 g/mol. The van der Waals surface area contributed by atoms with Crippen LogP contribution in [0.5, 0.6) is 0 Å². The third-order valence-electron chi connectivity index (χ3n) is 7.46. The van der Waals surface area contributed by atoms with Crippen LogP contribution >= 0.6 is 0 Å². The fourth-order valence-electron chi connectivity index (χ4n) is 5.26. The van der Waals surface area contributed by atoms with E-state index in [-0.39, 0.29) is 10.8 Å². The van der Waals surface area contributed by atoms with Gasteiger partial charge in [0.2, 0.25) is 0 Å². The number of rotatable bonds is 2. The number of aromatic nitrogens is 5. The molecule has 3 aromatic heterocycles. The van der Waals surface area contributed by atoms with Crippen molar-refractivity contribution < 1.29 is 0 Å². The Labute approximate surface area is 223 Å². The molecule has 0 N–H and O–H groups in total. The fourth-order valence-corrected chi connectivity index (χ4v) is 5.26. The molecular formula is C33H33N5. The van der Waals surface area contributed by atoms with Crippen molar-refractivity contribution in [2.45, 2.75) is 59.3 Å². The van der Waals surface area contributed by atoms with Gasteiger partial charge in [-0.2, -0.15) is 0 Å². The summed E-state index contributed by atoms with van der Waals surface area (Å²) in [5.41, 5.74) is 10.5. The van der Waals surface area contributed by atoms with Crippen molar-refractivity contribution in [2.75, 3.05) is 0 Å². The predicted octanol–water partition coefficient (Wildman–Crippen LogP) is 8.09. The van der Waals surface area contributed by atoms with E-state index in [1.165, 1.54) is 44.8 Å². The number of nitrogens with zero attached hydrogens (tertiary/aromatic N) is 5. The maximum absolute atomic E-state index is 4.88. The van der Waals surface area contributed by atoms with Crippen LogP contribution in [0, 0.1) is 6.92 Å². The van der Waals surface area contributed by atoms with Crippen LogP contribution in [0.4, 0.5) is 0 Å². The minimum absolute atomic E-state index is 0.0562. The zero-order valence-electron chi connectivity index (χ0n) is 23.2. The molecule has 0 aliphatic rings. The van der Waals surface area contributed by atoms with Gasteiger partial charge in [0.15, 0.2) is 5.65 Å². The van der Waals surface area contributed by atoms with Gasteiger partial charge >= 0.3 is 0 Å². The molecule has 0 saturated carbocycles. The summed E-state index contributed by atoms with van der Waals surface area (Å²) >= 11 is 0. The molecule has 5 nitrogen and oxygen atoms in total. The average Bonchev–Trinajstić information content (AvgIpc) is 3.20. The largest absolute Gasteiger partial charge is 0.308 e. The molecule has 0 spiro atoms. The first-order valence-corrected chi connectivity index (χ1v) is 13.1. The highest BCUT2D eigenvalue weighted by atomic mass is 15.0. The normalized spacial score (nSPS) is 12.6. The molecule has 3 heterocycles. The SMILES string of the molecule is Cc1cccc(-c2cnc3cncnc3n2)c1-n1c2ccc(C(C)(C)C)cc2c2cc(C(C)(C)C)ccc21. The summed E-state index contributed by atoms with van der Waals surface area (Å²) in [5, 5.41) is 2.54. The zero-order chi connectivity index (χ0) is 26.8. The van der Waals surface area contributed by atoms with Crippen LogP contribution in [0.25, 0.3) is 49.9 Å². The second-order valence-corrected chi connectivity index (χ2v) is 12.3. The Balaban J connectivity index is 1.71. The van der Waals surface area contributed by atoms with Gasteiger partial charge < -0.3 is 4.57 Å². The topological polar surface area (TPSA) is 56.5 Å². The van der Waals surface area contributed by atoms with Crippen LogP contribution in [-0.4, -0.2) is 24.5 Å². The van der Waals surface area contributed by atoms with E-state index >= 15 is 0 Å². The molecule has 0 unspecified atom stereocenters. The average molecular weight is 500 g/mol. The Kier molecular flexibility index (Phi) is 5.39. The Morgan fingerprint density at radius 2 is 1.34 bits per heavy atom. The van der Waals surface area contributed by atoms with Gasteiger partial charge in [-0.3, -0.25) is 0 Å². The van der Waals surface area contributed by atoms with Gasteiger partial charge in [-0.05, 0) is 58.7 Å². The van der Waals surface area contributed by atoms with Crippen molar-refractivity contribution in [1.29, 1.82) is 0 Å². The molecule has 0 radical (unpaired) electrons. The van der Waals surface area contributed by atoms with Crippen molar-refractivity contribution >= 4 is 33.0 Å². The van der Waals surface area contributed by atoms with Gasteiger partial charge in [0, 0.05) is 16.3 Å². The molecule has 0 atom stereocenters. The minimum atomic E-state index is 0.0562. The van der Waals surface area contributed by atoms with Gasteiger partial charge in [0.05, 0.1) is 34.8 Å². The lowest BCUT2D eigenvalue weighted by Gasteiger charge is -2.20. The van der Waals surface area contributed by atoms with Gasteiger partial charge in [0.1, 0.15) is 11.8 Å². The number of hydrogen-bond donors (Lipinski definition) is 0. The Bertz CT molecular complexity index is 1780. The van der Waals surface area contributed by atoms with Crippen molar-refractivity contribution in [3.63, 3.8) is 0 Å². The zero-order valence-corrected chi connectivity index (χ0v) is 23.2. The van der Waals surface area contributed by atoms with Crippen LogP contribution in [0.2, 0.25) is 0 Å². The molecule has 5 heteroatoms. The summed E-state index contributed by atoms with van der Waals surface area (Å²) in [6, 6.07) is 20.2. The first kappa shape index (κ1) is 24.2. The number of aryl methyl sites for hydroxylation is 1. The van der Waals surface area contributed by atoms with Crippen LogP contribution in [0.3, 0.4) is 0 Å². The van der Waals surface area contributed by atoms with E-state index in [1.54, 1.807) is 6.20 Å². The molecule has 0 bridgehead atoms. The summed E-state index contributed by atoms with van der Waals surface area (Å²) in [4.78, 5) is 17.9. The van der Waals surface area contributed by atoms with E-state index in [0.717, 1.165) is 16.9 Å². The lowest BCUT2D eigenvalue weighted by molar-refractivity contribution is 0.590. The summed E-state index contributed by atoms with van der Waals surface area (Å²) in [6.07, 6.45) is 5.04. The number of benzene rings is 3. The van der Waals surface area contributed by atoms with Crippen molar-refractivity contribution in [3.05, 3.63) is 90.0 Å². The molecule has 190 valence electrons. The molecule has 38 heavy (non-hydrogen) atoms. The van der Waals surface area contributed by atoms with E-state index in [9.17, 15) is 0 Å². The van der Waals surface area contributed by atoms with Gasteiger partial charge in [-0.1, -0.05) is 71.9 Å². The lowest BCUT2D eigenvalue weighted by Crippen LogP contribution is -2.10. The molecule has 0 amide bonds. The summed E-state index contributed by atoms with van der Waals surface area (Å²) in [5.74, 6) is 0. The maximum atomic E-state index is 4.88. The predicted molar refractivity (Wildman–Crippen MR) is 157 cm³/mol. The highest BCUT2D eigenvalue weighted by Crippen LogP contribution is 2.40. The Hall–Kier alpha value is -4.12. The van der Waals surface area contributed by atoms with Crippen LogP contribution in [0.15, 0.2) is 73.3 Å². The maximum Gasteiger partial charge on any atom is 0.181 e. The van der Waals surface area contributed by atoms with Gasteiger partial charge in [-0.25, -0.2) is 19.9 Å². The third-order valence-corrected chi connectivity index (χ3v) is 7.46. The first-order valence-electron chi connectivity index (χ1n) is 13.1. The van der Waals surface area contributed by atoms with Gasteiger partial charge in [-0.15, -0.1) is 0 Å². The van der Waals surface area contributed by atoms with E-state index < -0.39 is 0 Å². The van der Waals surface area contributed by atoms with Crippen molar-refractivity contribution in [2.24, 2.45) is 0 Å². The van der Waals surface area contributed by atoms with Gasteiger partial charge in [0.25, 0.3) is 0 Å². The summed E-state index contributed by atoms with van der Waals surface area (Å²) < 4.78 is 2.40. The minimum Gasteiger partial charge on any atom is -0.308 e.